The predicted octanol–water partition coefficient (Wildman–Crippen LogP) is 2.27. The number of likely N-dealkylation sites (tertiary alicyclic amines) is 1. The van der Waals surface area contributed by atoms with Gasteiger partial charge in [-0.05, 0) is 57.3 Å². The molecule has 1 aromatic carbocycles. The third-order valence-corrected chi connectivity index (χ3v) is 4.58. The normalized spacial score (nSPS) is 18.5. The molecule has 4 heteroatoms. The van der Waals surface area contributed by atoms with Crippen LogP contribution >= 0.6 is 0 Å². The van der Waals surface area contributed by atoms with Crippen molar-refractivity contribution in [2.24, 2.45) is 0 Å². The van der Waals surface area contributed by atoms with Gasteiger partial charge in [-0.25, -0.2) is 0 Å². The van der Waals surface area contributed by atoms with Gasteiger partial charge in [0.25, 0.3) is 0 Å². The van der Waals surface area contributed by atoms with E-state index >= 15 is 0 Å². The molecule has 1 aliphatic heterocycles. The highest BCUT2D eigenvalue weighted by Crippen LogP contribution is 2.35. The Hall–Kier alpha value is -1.39. The molecule has 0 aliphatic carbocycles. The summed E-state index contributed by atoms with van der Waals surface area (Å²) in [5, 5.41) is 18.5. The molecular formula is C17H25NO3. The molecule has 1 fully saturated rings. The Morgan fingerprint density at radius 3 is 2.33 bits per heavy atom. The first-order valence-electron chi connectivity index (χ1n) is 7.81. The first-order chi connectivity index (χ1) is 10.2. The number of piperidine rings is 1. The predicted molar refractivity (Wildman–Crippen MR) is 82.4 cm³/mol. The average molecular weight is 291 g/mol. The summed E-state index contributed by atoms with van der Waals surface area (Å²) in [5.74, 6) is -0.700. The summed E-state index contributed by atoms with van der Waals surface area (Å²) in [6.07, 6.45) is 4.32. The zero-order valence-corrected chi connectivity index (χ0v) is 12.5. The molecule has 1 aliphatic rings. The second-order valence-electron chi connectivity index (χ2n) is 5.88. The van der Waals surface area contributed by atoms with Crippen molar-refractivity contribution in [2.75, 3.05) is 26.2 Å². The Kier molecular flexibility index (Phi) is 5.76. The van der Waals surface area contributed by atoms with Crippen molar-refractivity contribution in [1.82, 2.24) is 4.90 Å². The molecule has 0 atom stereocenters. The van der Waals surface area contributed by atoms with Gasteiger partial charge in [0.1, 0.15) is 0 Å². The van der Waals surface area contributed by atoms with Crippen LogP contribution in [0.25, 0.3) is 0 Å². The zero-order valence-electron chi connectivity index (χ0n) is 12.5. The van der Waals surface area contributed by atoms with E-state index < -0.39 is 11.4 Å². The number of unbranched alkanes of at least 4 members (excludes halogenated alkanes) is 2. The van der Waals surface area contributed by atoms with Gasteiger partial charge in [0, 0.05) is 6.61 Å². The number of hydrogen-bond donors (Lipinski definition) is 2. The highest BCUT2D eigenvalue weighted by Gasteiger charge is 2.42. The molecule has 0 radical (unpaired) electrons. The fourth-order valence-electron chi connectivity index (χ4n) is 3.17. The highest BCUT2D eigenvalue weighted by molar-refractivity contribution is 5.81. The first-order valence-corrected chi connectivity index (χ1v) is 7.81. The van der Waals surface area contributed by atoms with Crippen molar-refractivity contribution in [3.8, 4) is 0 Å². The molecule has 0 spiro atoms. The lowest BCUT2D eigenvalue weighted by molar-refractivity contribution is -0.146. The van der Waals surface area contributed by atoms with Crippen LogP contribution in [0.4, 0.5) is 0 Å². The van der Waals surface area contributed by atoms with E-state index in [9.17, 15) is 9.90 Å². The smallest absolute Gasteiger partial charge is 0.314 e. The third-order valence-electron chi connectivity index (χ3n) is 4.58. The lowest BCUT2D eigenvalue weighted by Crippen LogP contribution is -2.47. The van der Waals surface area contributed by atoms with E-state index in [-0.39, 0.29) is 6.61 Å². The molecule has 0 saturated carbocycles. The van der Waals surface area contributed by atoms with Crippen molar-refractivity contribution in [2.45, 2.75) is 37.5 Å². The largest absolute Gasteiger partial charge is 0.481 e. The number of carboxylic acids is 1. The number of aliphatic hydroxyl groups is 1. The molecule has 1 heterocycles. The Bertz CT molecular complexity index is 439. The van der Waals surface area contributed by atoms with Crippen LogP contribution < -0.4 is 0 Å². The Morgan fingerprint density at radius 1 is 1.10 bits per heavy atom. The van der Waals surface area contributed by atoms with Crippen LogP contribution in [0, 0.1) is 0 Å². The van der Waals surface area contributed by atoms with Gasteiger partial charge < -0.3 is 15.1 Å². The summed E-state index contributed by atoms with van der Waals surface area (Å²) in [6.45, 7) is 2.93. The highest BCUT2D eigenvalue weighted by atomic mass is 16.4. The molecule has 0 aromatic heterocycles. The van der Waals surface area contributed by atoms with Crippen molar-refractivity contribution in [3.63, 3.8) is 0 Å². The van der Waals surface area contributed by atoms with Gasteiger partial charge in [0.2, 0.25) is 0 Å². The summed E-state index contributed by atoms with van der Waals surface area (Å²) in [7, 11) is 0. The fraction of sp³-hybridized carbons (Fsp3) is 0.588. The minimum Gasteiger partial charge on any atom is -0.481 e. The van der Waals surface area contributed by atoms with E-state index in [0.29, 0.717) is 12.8 Å². The van der Waals surface area contributed by atoms with Gasteiger partial charge in [-0.2, -0.15) is 0 Å². The number of aliphatic carboxylic acids is 1. The van der Waals surface area contributed by atoms with E-state index in [1.165, 1.54) is 0 Å². The Labute approximate surface area is 126 Å². The van der Waals surface area contributed by atoms with Crippen LogP contribution in [0.3, 0.4) is 0 Å². The minimum atomic E-state index is -0.719. The van der Waals surface area contributed by atoms with Crippen molar-refractivity contribution in [3.05, 3.63) is 35.9 Å². The maximum absolute atomic E-state index is 11.8. The molecule has 2 N–H and O–H groups in total. The molecule has 116 valence electrons. The number of hydrogen-bond acceptors (Lipinski definition) is 3. The van der Waals surface area contributed by atoms with E-state index in [2.05, 4.69) is 4.90 Å². The van der Waals surface area contributed by atoms with Crippen LogP contribution in [-0.4, -0.2) is 47.3 Å². The van der Waals surface area contributed by atoms with E-state index in [0.717, 1.165) is 44.5 Å². The number of benzene rings is 1. The molecule has 2 rings (SSSR count). The number of carbonyl (C=O) groups is 1. The van der Waals surface area contributed by atoms with Crippen molar-refractivity contribution < 1.29 is 15.0 Å². The second-order valence-corrected chi connectivity index (χ2v) is 5.88. The van der Waals surface area contributed by atoms with Crippen LogP contribution in [0.2, 0.25) is 0 Å². The molecule has 4 nitrogen and oxygen atoms in total. The van der Waals surface area contributed by atoms with Gasteiger partial charge in [0.15, 0.2) is 0 Å². The number of aliphatic hydroxyl groups excluding tert-OH is 1. The quantitative estimate of drug-likeness (QED) is 0.757. The first kappa shape index (κ1) is 16.0. The van der Waals surface area contributed by atoms with E-state index in [4.69, 9.17) is 5.11 Å². The molecule has 0 unspecified atom stereocenters. The van der Waals surface area contributed by atoms with Crippen LogP contribution in [0.5, 0.6) is 0 Å². The standard InChI is InChI=1S/C17H25NO3/c19-14-6-2-5-11-18-12-9-17(10-13-18,16(20)21)15-7-3-1-4-8-15/h1,3-4,7-8,19H,2,5-6,9-14H2,(H,20,21). The summed E-state index contributed by atoms with van der Waals surface area (Å²) < 4.78 is 0. The second kappa shape index (κ2) is 7.57. The van der Waals surface area contributed by atoms with Crippen LogP contribution in [0.15, 0.2) is 30.3 Å². The monoisotopic (exact) mass is 291 g/mol. The SMILES string of the molecule is O=C(O)C1(c2ccccc2)CCN(CCCCCO)CC1. The van der Waals surface area contributed by atoms with E-state index in [1.54, 1.807) is 0 Å². The fourth-order valence-corrected chi connectivity index (χ4v) is 3.17. The summed E-state index contributed by atoms with van der Waals surface area (Å²) in [6, 6.07) is 9.63. The lowest BCUT2D eigenvalue weighted by Gasteiger charge is -2.39. The van der Waals surface area contributed by atoms with Crippen LogP contribution in [0.1, 0.15) is 37.7 Å². The molecule has 21 heavy (non-hydrogen) atoms. The number of nitrogens with zero attached hydrogens (tertiary/aromatic N) is 1. The van der Waals surface area contributed by atoms with Crippen molar-refractivity contribution in [1.29, 1.82) is 0 Å². The Balaban J connectivity index is 1.94. The summed E-state index contributed by atoms with van der Waals surface area (Å²) in [5.41, 5.74) is 0.209. The topological polar surface area (TPSA) is 60.8 Å². The third kappa shape index (κ3) is 3.83. The molecular weight excluding hydrogens is 266 g/mol. The molecule has 1 saturated heterocycles. The number of carboxylic acid groups (broad SMARTS) is 1. The van der Waals surface area contributed by atoms with E-state index in [1.807, 2.05) is 30.3 Å². The van der Waals surface area contributed by atoms with Crippen molar-refractivity contribution >= 4 is 5.97 Å². The molecule has 0 bridgehead atoms. The maximum Gasteiger partial charge on any atom is 0.314 e. The number of rotatable bonds is 7. The lowest BCUT2D eigenvalue weighted by atomic mass is 9.73. The average Bonchev–Trinajstić information content (AvgIpc) is 2.53. The molecule has 1 aromatic rings. The molecule has 0 amide bonds. The van der Waals surface area contributed by atoms with Gasteiger partial charge in [-0.15, -0.1) is 0 Å². The van der Waals surface area contributed by atoms with Gasteiger partial charge in [-0.1, -0.05) is 30.3 Å². The minimum absolute atomic E-state index is 0.260. The summed E-state index contributed by atoms with van der Waals surface area (Å²) in [4.78, 5) is 14.2. The van der Waals surface area contributed by atoms with Gasteiger partial charge in [-0.3, -0.25) is 4.79 Å². The van der Waals surface area contributed by atoms with Gasteiger partial charge in [0.05, 0.1) is 5.41 Å². The van der Waals surface area contributed by atoms with Gasteiger partial charge >= 0.3 is 5.97 Å². The maximum atomic E-state index is 11.8. The summed E-state index contributed by atoms with van der Waals surface area (Å²) >= 11 is 0. The zero-order chi connectivity index (χ0) is 15.1. The van der Waals surface area contributed by atoms with Crippen LogP contribution in [-0.2, 0) is 10.2 Å². The Morgan fingerprint density at radius 2 is 1.76 bits per heavy atom.